The average molecular weight is 271 g/mol. The van der Waals surface area contributed by atoms with Crippen LogP contribution in [-0.2, 0) is 4.74 Å². The van der Waals surface area contributed by atoms with Crippen LogP contribution < -0.4 is 5.32 Å². The first kappa shape index (κ1) is 10.9. The minimum atomic E-state index is 0.625. The fourth-order valence-corrected chi connectivity index (χ4v) is 2.07. The summed E-state index contributed by atoms with van der Waals surface area (Å²) in [6.45, 7) is 2.75. The molecule has 1 aliphatic heterocycles. The zero-order valence-electron chi connectivity index (χ0n) is 8.58. The number of ether oxygens (including phenoxy) is 1. The van der Waals surface area contributed by atoms with E-state index in [1.165, 1.54) is 12.8 Å². The third-order valence-corrected chi connectivity index (χ3v) is 2.98. The SMILES string of the molecule is Brc1cccc(NCC2CCCOC2)n1. The van der Waals surface area contributed by atoms with Gasteiger partial charge in [0.05, 0.1) is 6.61 Å². The number of rotatable bonds is 3. The van der Waals surface area contributed by atoms with Crippen molar-refractivity contribution < 1.29 is 4.74 Å². The molecule has 0 amide bonds. The minimum Gasteiger partial charge on any atom is -0.381 e. The van der Waals surface area contributed by atoms with Crippen molar-refractivity contribution in [2.75, 3.05) is 25.1 Å². The van der Waals surface area contributed by atoms with Crippen molar-refractivity contribution in [3.8, 4) is 0 Å². The van der Waals surface area contributed by atoms with Gasteiger partial charge in [0.25, 0.3) is 0 Å². The topological polar surface area (TPSA) is 34.1 Å². The van der Waals surface area contributed by atoms with Gasteiger partial charge in [0, 0.05) is 13.2 Å². The summed E-state index contributed by atoms with van der Waals surface area (Å²) in [4.78, 5) is 4.32. The number of hydrogen-bond acceptors (Lipinski definition) is 3. The van der Waals surface area contributed by atoms with Crippen molar-refractivity contribution in [2.45, 2.75) is 12.8 Å². The van der Waals surface area contributed by atoms with E-state index in [0.717, 1.165) is 30.2 Å². The maximum absolute atomic E-state index is 5.42. The van der Waals surface area contributed by atoms with Crippen LogP contribution in [0, 0.1) is 5.92 Å². The number of nitrogens with zero attached hydrogens (tertiary/aromatic N) is 1. The maximum Gasteiger partial charge on any atom is 0.127 e. The first-order chi connectivity index (χ1) is 7.34. The number of anilines is 1. The molecule has 2 heterocycles. The summed E-state index contributed by atoms with van der Waals surface area (Å²) in [7, 11) is 0. The summed E-state index contributed by atoms with van der Waals surface area (Å²) in [6, 6.07) is 5.89. The molecule has 0 aliphatic carbocycles. The second-order valence-electron chi connectivity index (χ2n) is 3.81. The number of hydrogen-bond donors (Lipinski definition) is 1. The molecule has 4 heteroatoms. The molecule has 2 rings (SSSR count). The van der Waals surface area contributed by atoms with Gasteiger partial charge in [0.15, 0.2) is 0 Å². The second kappa shape index (κ2) is 5.47. The van der Waals surface area contributed by atoms with Gasteiger partial charge in [-0.1, -0.05) is 6.07 Å². The molecule has 0 spiro atoms. The van der Waals surface area contributed by atoms with Gasteiger partial charge in [-0.2, -0.15) is 0 Å². The molecule has 1 aromatic rings. The van der Waals surface area contributed by atoms with Crippen LogP contribution in [0.3, 0.4) is 0 Å². The molecule has 0 bridgehead atoms. The fraction of sp³-hybridized carbons (Fsp3) is 0.545. The minimum absolute atomic E-state index is 0.625. The van der Waals surface area contributed by atoms with Gasteiger partial charge in [0.2, 0.25) is 0 Å². The van der Waals surface area contributed by atoms with Gasteiger partial charge < -0.3 is 10.1 Å². The highest BCUT2D eigenvalue weighted by atomic mass is 79.9. The molecule has 1 aliphatic rings. The Morgan fingerprint density at radius 1 is 1.53 bits per heavy atom. The number of halogens is 1. The number of pyridine rings is 1. The normalized spacial score (nSPS) is 21.3. The number of aromatic nitrogens is 1. The maximum atomic E-state index is 5.42. The highest BCUT2D eigenvalue weighted by molar-refractivity contribution is 9.10. The first-order valence-corrected chi connectivity index (χ1v) is 6.08. The molecule has 1 fully saturated rings. The van der Waals surface area contributed by atoms with E-state index in [9.17, 15) is 0 Å². The zero-order chi connectivity index (χ0) is 10.5. The molecule has 82 valence electrons. The van der Waals surface area contributed by atoms with E-state index in [0.29, 0.717) is 5.92 Å². The highest BCUT2D eigenvalue weighted by Gasteiger charge is 2.13. The van der Waals surface area contributed by atoms with Crippen LogP contribution in [0.1, 0.15) is 12.8 Å². The molecule has 0 saturated carbocycles. The summed E-state index contributed by atoms with van der Waals surface area (Å²) >= 11 is 3.35. The van der Waals surface area contributed by atoms with E-state index in [-0.39, 0.29) is 0 Å². The third kappa shape index (κ3) is 3.47. The highest BCUT2D eigenvalue weighted by Crippen LogP contribution is 2.15. The van der Waals surface area contributed by atoms with E-state index in [4.69, 9.17) is 4.74 Å². The Morgan fingerprint density at radius 3 is 3.20 bits per heavy atom. The van der Waals surface area contributed by atoms with Gasteiger partial charge in [-0.05, 0) is 46.8 Å². The fourth-order valence-electron chi connectivity index (χ4n) is 1.72. The van der Waals surface area contributed by atoms with Crippen LogP contribution in [0.15, 0.2) is 22.8 Å². The van der Waals surface area contributed by atoms with Crippen molar-refractivity contribution in [1.82, 2.24) is 4.98 Å². The van der Waals surface area contributed by atoms with Crippen LogP contribution >= 0.6 is 15.9 Å². The van der Waals surface area contributed by atoms with Crippen LogP contribution in [0.4, 0.5) is 5.82 Å². The lowest BCUT2D eigenvalue weighted by atomic mass is 10.0. The summed E-state index contributed by atoms with van der Waals surface area (Å²) in [5.41, 5.74) is 0. The van der Waals surface area contributed by atoms with Crippen molar-refractivity contribution in [1.29, 1.82) is 0 Å². The average Bonchev–Trinajstić information content (AvgIpc) is 2.28. The van der Waals surface area contributed by atoms with E-state index >= 15 is 0 Å². The van der Waals surface area contributed by atoms with Crippen molar-refractivity contribution >= 4 is 21.7 Å². The Hall–Kier alpha value is -0.610. The Balaban J connectivity index is 1.81. The van der Waals surface area contributed by atoms with Gasteiger partial charge in [-0.15, -0.1) is 0 Å². The molecule has 15 heavy (non-hydrogen) atoms. The predicted octanol–water partition coefficient (Wildman–Crippen LogP) is 2.68. The van der Waals surface area contributed by atoms with Crippen LogP contribution in [0.5, 0.6) is 0 Å². The summed E-state index contributed by atoms with van der Waals surface area (Å²) < 4.78 is 6.29. The van der Waals surface area contributed by atoms with Gasteiger partial charge >= 0.3 is 0 Å². The zero-order valence-corrected chi connectivity index (χ0v) is 10.2. The predicted molar refractivity (Wildman–Crippen MR) is 64.0 cm³/mol. The van der Waals surface area contributed by atoms with Crippen molar-refractivity contribution in [3.63, 3.8) is 0 Å². The lowest BCUT2D eigenvalue weighted by molar-refractivity contribution is 0.0595. The van der Waals surface area contributed by atoms with Crippen LogP contribution in [0.25, 0.3) is 0 Å². The van der Waals surface area contributed by atoms with Gasteiger partial charge in [-0.3, -0.25) is 0 Å². The van der Waals surface area contributed by atoms with Gasteiger partial charge in [0.1, 0.15) is 10.4 Å². The molecule has 0 radical (unpaired) electrons. The molecule has 0 aromatic carbocycles. The van der Waals surface area contributed by atoms with E-state index in [1.54, 1.807) is 0 Å². The van der Waals surface area contributed by atoms with E-state index in [1.807, 2.05) is 18.2 Å². The molecule has 1 saturated heterocycles. The Bertz CT molecular complexity index is 313. The van der Waals surface area contributed by atoms with E-state index in [2.05, 4.69) is 26.2 Å². The molecule has 1 aromatic heterocycles. The standard InChI is InChI=1S/C11H15BrN2O/c12-10-4-1-5-11(14-10)13-7-9-3-2-6-15-8-9/h1,4-5,9H,2-3,6-8H2,(H,13,14). The monoisotopic (exact) mass is 270 g/mol. The molecule has 1 unspecified atom stereocenters. The Labute approximate surface area is 98.4 Å². The quantitative estimate of drug-likeness (QED) is 0.858. The number of nitrogens with one attached hydrogen (secondary N) is 1. The molecular weight excluding hydrogens is 256 g/mol. The summed E-state index contributed by atoms with van der Waals surface area (Å²) in [5.74, 6) is 1.55. The molecular formula is C11H15BrN2O. The van der Waals surface area contributed by atoms with Crippen molar-refractivity contribution in [2.24, 2.45) is 5.92 Å². The van der Waals surface area contributed by atoms with Crippen molar-refractivity contribution in [3.05, 3.63) is 22.8 Å². The second-order valence-corrected chi connectivity index (χ2v) is 4.62. The third-order valence-electron chi connectivity index (χ3n) is 2.54. The van der Waals surface area contributed by atoms with Crippen LogP contribution in [0.2, 0.25) is 0 Å². The molecule has 1 atom stereocenters. The molecule has 3 nitrogen and oxygen atoms in total. The Kier molecular flexibility index (Phi) is 3.97. The summed E-state index contributed by atoms with van der Waals surface area (Å²) in [5, 5.41) is 3.33. The molecule has 1 N–H and O–H groups in total. The largest absolute Gasteiger partial charge is 0.381 e. The first-order valence-electron chi connectivity index (χ1n) is 5.29. The van der Waals surface area contributed by atoms with E-state index < -0.39 is 0 Å². The lowest BCUT2D eigenvalue weighted by Crippen LogP contribution is -2.24. The smallest absolute Gasteiger partial charge is 0.127 e. The Morgan fingerprint density at radius 2 is 2.47 bits per heavy atom. The lowest BCUT2D eigenvalue weighted by Gasteiger charge is -2.22. The van der Waals surface area contributed by atoms with Crippen LogP contribution in [-0.4, -0.2) is 24.7 Å². The summed E-state index contributed by atoms with van der Waals surface area (Å²) in [6.07, 6.45) is 2.43. The van der Waals surface area contributed by atoms with Gasteiger partial charge in [-0.25, -0.2) is 4.98 Å².